The molecule has 0 saturated heterocycles. The second kappa shape index (κ2) is 6.58. The number of halogens is 1. The van der Waals surface area contributed by atoms with E-state index in [2.05, 4.69) is 25.1 Å². The zero-order chi connectivity index (χ0) is 12.0. The smallest absolute Gasteiger partial charge is 0.0406 e. The Kier molecular flexibility index (Phi) is 5.38. The topological polar surface area (TPSA) is 12.0 Å². The van der Waals surface area contributed by atoms with Crippen LogP contribution in [0.25, 0.3) is 0 Å². The molecule has 0 aliphatic rings. The normalized spacial score (nSPS) is 14.1. The van der Waals surface area contributed by atoms with Gasteiger partial charge in [0.1, 0.15) is 0 Å². The fourth-order valence-electron chi connectivity index (χ4n) is 1.66. The lowest BCUT2D eigenvalue weighted by atomic mass is 10.1. The van der Waals surface area contributed by atoms with E-state index in [9.17, 15) is 0 Å². The van der Waals surface area contributed by atoms with Crippen LogP contribution < -0.4 is 5.32 Å². The van der Waals surface area contributed by atoms with E-state index in [0.29, 0.717) is 12.1 Å². The SMILES string of the molecule is C#CCC(CC)NC(C)c1ccc(Cl)cc1. The predicted octanol–water partition coefficient (Wildman–Crippen LogP) is 3.79. The van der Waals surface area contributed by atoms with Crippen LogP contribution in [0.15, 0.2) is 24.3 Å². The maximum atomic E-state index is 5.85. The molecule has 1 rings (SSSR count). The van der Waals surface area contributed by atoms with E-state index in [1.807, 2.05) is 24.3 Å². The number of nitrogens with one attached hydrogen (secondary N) is 1. The van der Waals surface area contributed by atoms with E-state index in [0.717, 1.165) is 17.9 Å². The highest BCUT2D eigenvalue weighted by Crippen LogP contribution is 2.17. The van der Waals surface area contributed by atoms with Crippen molar-refractivity contribution in [2.24, 2.45) is 0 Å². The molecule has 1 N–H and O–H groups in total. The van der Waals surface area contributed by atoms with Gasteiger partial charge in [-0.2, -0.15) is 0 Å². The Balaban J connectivity index is 2.60. The highest BCUT2D eigenvalue weighted by molar-refractivity contribution is 6.30. The Labute approximate surface area is 103 Å². The van der Waals surface area contributed by atoms with Crippen LogP contribution >= 0.6 is 11.6 Å². The third kappa shape index (κ3) is 3.89. The van der Waals surface area contributed by atoms with E-state index in [-0.39, 0.29) is 0 Å². The lowest BCUT2D eigenvalue weighted by Crippen LogP contribution is -2.30. The van der Waals surface area contributed by atoms with Crippen molar-refractivity contribution >= 4 is 11.6 Å². The van der Waals surface area contributed by atoms with Crippen LogP contribution in [0, 0.1) is 12.3 Å². The van der Waals surface area contributed by atoms with Crippen molar-refractivity contribution in [1.29, 1.82) is 0 Å². The molecule has 0 bridgehead atoms. The van der Waals surface area contributed by atoms with Crippen LogP contribution in [-0.4, -0.2) is 6.04 Å². The quantitative estimate of drug-likeness (QED) is 0.766. The van der Waals surface area contributed by atoms with Gasteiger partial charge in [0.15, 0.2) is 0 Å². The van der Waals surface area contributed by atoms with Crippen molar-refractivity contribution in [1.82, 2.24) is 5.32 Å². The fraction of sp³-hybridized carbons (Fsp3) is 0.429. The monoisotopic (exact) mass is 235 g/mol. The largest absolute Gasteiger partial charge is 0.307 e. The van der Waals surface area contributed by atoms with Crippen LogP contribution in [0.3, 0.4) is 0 Å². The first kappa shape index (κ1) is 13.1. The zero-order valence-corrected chi connectivity index (χ0v) is 10.6. The molecule has 0 aliphatic heterocycles. The van der Waals surface area contributed by atoms with Gasteiger partial charge in [-0.3, -0.25) is 0 Å². The van der Waals surface area contributed by atoms with Crippen LogP contribution in [0.1, 0.15) is 38.3 Å². The van der Waals surface area contributed by atoms with E-state index < -0.39 is 0 Å². The number of terminal acetylenes is 1. The molecule has 1 aromatic carbocycles. The first-order valence-corrected chi connectivity index (χ1v) is 6.00. The van der Waals surface area contributed by atoms with Gasteiger partial charge in [0, 0.05) is 23.5 Å². The minimum absolute atomic E-state index is 0.301. The molecule has 0 radical (unpaired) electrons. The minimum Gasteiger partial charge on any atom is -0.307 e. The van der Waals surface area contributed by atoms with Crippen LogP contribution in [0.4, 0.5) is 0 Å². The van der Waals surface area contributed by atoms with Gasteiger partial charge < -0.3 is 5.32 Å². The standard InChI is InChI=1S/C14H18ClN/c1-4-6-14(5-2)16-11(3)12-7-9-13(15)10-8-12/h1,7-11,14,16H,5-6H2,2-3H3. The number of hydrogen-bond acceptors (Lipinski definition) is 1. The summed E-state index contributed by atoms with van der Waals surface area (Å²) >= 11 is 5.85. The molecule has 0 aliphatic carbocycles. The first-order chi connectivity index (χ1) is 7.67. The Hall–Kier alpha value is -0.970. The highest BCUT2D eigenvalue weighted by Gasteiger charge is 2.10. The third-order valence-electron chi connectivity index (χ3n) is 2.71. The summed E-state index contributed by atoms with van der Waals surface area (Å²) in [6.07, 6.45) is 7.15. The van der Waals surface area contributed by atoms with Crippen molar-refractivity contribution in [2.45, 2.75) is 38.8 Å². The Morgan fingerprint density at radius 1 is 1.38 bits per heavy atom. The van der Waals surface area contributed by atoms with Gasteiger partial charge in [0.2, 0.25) is 0 Å². The molecule has 86 valence electrons. The van der Waals surface area contributed by atoms with Crippen LogP contribution in [0.5, 0.6) is 0 Å². The fourth-order valence-corrected chi connectivity index (χ4v) is 1.79. The molecule has 0 fully saturated rings. The Morgan fingerprint density at radius 2 is 2.00 bits per heavy atom. The second-order valence-electron chi connectivity index (χ2n) is 3.95. The van der Waals surface area contributed by atoms with Gasteiger partial charge >= 0.3 is 0 Å². The zero-order valence-electron chi connectivity index (χ0n) is 9.83. The maximum Gasteiger partial charge on any atom is 0.0406 e. The summed E-state index contributed by atoms with van der Waals surface area (Å²) in [6.45, 7) is 4.28. The Bertz CT molecular complexity index is 350. The lowest BCUT2D eigenvalue weighted by molar-refractivity contribution is 0.449. The lowest BCUT2D eigenvalue weighted by Gasteiger charge is -2.21. The van der Waals surface area contributed by atoms with Crippen molar-refractivity contribution in [3.63, 3.8) is 0 Å². The van der Waals surface area contributed by atoms with E-state index >= 15 is 0 Å². The minimum atomic E-state index is 0.301. The molecular formula is C14H18ClN. The molecular weight excluding hydrogens is 218 g/mol. The molecule has 0 spiro atoms. The summed E-state index contributed by atoms with van der Waals surface area (Å²) < 4.78 is 0. The van der Waals surface area contributed by atoms with Crippen molar-refractivity contribution < 1.29 is 0 Å². The van der Waals surface area contributed by atoms with Gasteiger partial charge in [-0.05, 0) is 31.0 Å². The average molecular weight is 236 g/mol. The number of benzene rings is 1. The molecule has 16 heavy (non-hydrogen) atoms. The molecule has 0 amide bonds. The van der Waals surface area contributed by atoms with Crippen LogP contribution in [0.2, 0.25) is 5.02 Å². The number of hydrogen-bond donors (Lipinski definition) is 1. The molecule has 1 nitrogen and oxygen atoms in total. The summed E-state index contributed by atoms with van der Waals surface area (Å²) in [4.78, 5) is 0. The molecule has 0 saturated carbocycles. The summed E-state index contributed by atoms with van der Waals surface area (Å²) in [6, 6.07) is 8.60. The van der Waals surface area contributed by atoms with E-state index in [4.69, 9.17) is 18.0 Å². The Morgan fingerprint density at radius 3 is 2.50 bits per heavy atom. The molecule has 0 heterocycles. The summed E-state index contributed by atoms with van der Waals surface area (Å²) in [5.41, 5.74) is 1.24. The van der Waals surface area contributed by atoms with Crippen molar-refractivity contribution in [3.8, 4) is 12.3 Å². The summed E-state index contributed by atoms with van der Waals surface area (Å²) in [7, 11) is 0. The van der Waals surface area contributed by atoms with Gasteiger partial charge in [0.05, 0.1) is 0 Å². The van der Waals surface area contributed by atoms with Gasteiger partial charge in [-0.25, -0.2) is 0 Å². The molecule has 2 unspecified atom stereocenters. The van der Waals surface area contributed by atoms with Crippen LogP contribution in [-0.2, 0) is 0 Å². The molecule has 2 atom stereocenters. The predicted molar refractivity (Wildman–Crippen MR) is 70.5 cm³/mol. The van der Waals surface area contributed by atoms with Crippen molar-refractivity contribution in [2.75, 3.05) is 0 Å². The van der Waals surface area contributed by atoms with Crippen molar-refractivity contribution in [3.05, 3.63) is 34.9 Å². The third-order valence-corrected chi connectivity index (χ3v) is 2.96. The maximum absolute atomic E-state index is 5.85. The van der Waals surface area contributed by atoms with Gasteiger partial charge in [-0.1, -0.05) is 30.7 Å². The second-order valence-corrected chi connectivity index (χ2v) is 4.39. The van der Waals surface area contributed by atoms with E-state index in [1.165, 1.54) is 5.56 Å². The summed E-state index contributed by atoms with van der Waals surface area (Å²) in [5, 5.41) is 4.29. The molecule has 2 heteroatoms. The highest BCUT2D eigenvalue weighted by atomic mass is 35.5. The molecule has 0 aromatic heterocycles. The first-order valence-electron chi connectivity index (χ1n) is 5.62. The van der Waals surface area contributed by atoms with E-state index in [1.54, 1.807) is 0 Å². The number of rotatable bonds is 5. The van der Waals surface area contributed by atoms with Gasteiger partial charge in [0.25, 0.3) is 0 Å². The summed E-state index contributed by atoms with van der Waals surface area (Å²) in [5.74, 6) is 2.70. The average Bonchev–Trinajstić information content (AvgIpc) is 2.29. The molecule has 1 aromatic rings. The van der Waals surface area contributed by atoms with Gasteiger partial charge in [-0.15, -0.1) is 12.3 Å².